The van der Waals surface area contributed by atoms with Crippen LogP contribution in [0.25, 0.3) is 21.9 Å². The Bertz CT molecular complexity index is 1600. The molecule has 36 heavy (non-hydrogen) atoms. The van der Waals surface area contributed by atoms with Crippen molar-refractivity contribution in [2.45, 2.75) is 38.3 Å². The Balaban J connectivity index is 1.29. The number of benzene rings is 2. The number of piperidine rings is 1. The van der Waals surface area contributed by atoms with Crippen molar-refractivity contribution in [1.29, 1.82) is 0 Å². The van der Waals surface area contributed by atoms with Gasteiger partial charge in [-0.05, 0) is 37.5 Å². The molecule has 5 aromatic rings. The third-order valence-corrected chi connectivity index (χ3v) is 7.38. The molecule has 1 atom stereocenters. The van der Waals surface area contributed by atoms with E-state index in [-0.39, 0.29) is 17.8 Å². The lowest BCUT2D eigenvalue weighted by molar-refractivity contribution is 0.101. The van der Waals surface area contributed by atoms with Gasteiger partial charge in [0.1, 0.15) is 0 Å². The Morgan fingerprint density at radius 2 is 1.61 bits per heavy atom. The number of para-hydroxylation sites is 3. The fourth-order valence-corrected chi connectivity index (χ4v) is 5.62. The van der Waals surface area contributed by atoms with Gasteiger partial charge in [0.15, 0.2) is 0 Å². The molecule has 3 aromatic heterocycles. The summed E-state index contributed by atoms with van der Waals surface area (Å²) < 4.78 is 5.08. The fourth-order valence-electron chi connectivity index (χ4n) is 5.62. The zero-order valence-corrected chi connectivity index (χ0v) is 20.4. The molecular weight excluding hydrogens is 456 g/mol. The van der Waals surface area contributed by atoms with Crippen LogP contribution in [0.5, 0.6) is 0 Å². The van der Waals surface area contributed by atoms with E-state index in [1.165, 1.54) is 17.1 Å². The van der Waals surface area contributed by atoms with E-state index in [1.54, 1.807) is 4.57 Å². The van der Waals surface area contributed by atoms with Crippen LogP contribution in [0.1, 0.15) is 44.0 Å². The summed E-state index contributed by atoms with van der Waals surface area (Å²) in [5.74, 6) is 0.215. The van der Waals surface area contributed by atoms with Crippen LogP contribution in [0.15, 0.2) is 65.7 Å². The molecule has 1 unspecified atom stereocenters. The number of rotatable bonds is 4. The highest BCUT2D eigenvalue weighted by Crippen LogP contribution is 2.35. The van der Waals surface area contributed by atoms with E-state index < -0.39 is 6.03 Å². The van der Waals surface area contributed by atoms with Crippen molar-refractivity contribution >= 4 is 28.0 Å². The standard InChI is InChI=1S/C26H28N8O2/c1-3-23(32-22-11-7-6-10-21(22)30(2)25(32)35)31-16-12-18(13-17-31)24-19-8-4-5-9-20(19)33(29-24)26(36)34-27-14-15-28-34/h4-11,14-15,18,23H,3,12-13,16-17H2,1-2H3. The van der Waals surface area contributed by atoms with Crippen molar-refractivity contribution < 1.29 is 4.79 Å². The predicted octanol–water partition coefficient (Wildman–Crippen LogP) is 3.59. The van der Waals surface area contributed by atoms with Gasteiger partial charge in [0, 0.05) is 31.4 Å². The molecule has 0 bridgehead atoms. The van der Waals surface area contributed by atoms with E-state index in [2.05, 4.69) is 22.0 Å². The number of hydrogen-bond acceptors (Lipinski definition) is 6. The average molecular weight is 485 g/mol. The van der Waals surface area contributed by atoms with Crippen LogP contribution in [0, 0.1) is 0 Å². The number of likely N-dealkylation sites (tertiary alicyclic amines) is 1. The van der Waals surface area contributed by atoms with Crippen molar-refractivity contribution in [2.24, 2.45) is 7.05 Å². The molecule has 6 rings (SSSR count). The highest BCUT2D eigenvalue weighted by atomic mass is 16.2. The molecule has 1 fully saturated rings. The maximum Gasteiger partial charge on any atom is 0.387 e. The summed E-state index contributed by atoms with van der Waals surface area (Å²) in [6.45, 7) is 3.82. The van der Waals surface area contributed by atoms with Crippen LogP contribution >= 0.6 is 0 Å². The summed E-state index contributed by atoms with van der Waals surface area (Å²) in [4.78, 5) is 29.6. The fraction of sp³-hybridized carbons (Fsp3) is 0.346. The zero-order valence-electron chi connectivity index (χ0n) is 20.4. The van der Waals surface area contributed by atoms with E-state index in [9.17, 15) is 9.59 Å². The van der Waals surface area contributed by atoms with E-state index in [4.69, 9.17) is 5.10 Å². The van der Waals surface area contributed by atoms with Gasteiger partial charge in [-0.25, -0.2) is 9.59 Å². The summed E-state index contributed by atoms with van der Waals surface area (Å²) in [7, 11) is 1.83. The highest BCUT2D eigenvalue weighted by Gasteiger charge is 2.31. The maximum atomic E-state index is 13.2. The van der Waals surface area contributed by atoms with Crippen molar-refractivity contribution in [1.82, 2.24) is 38.8 Å². The van der Waals surface area contributed by atoms with Gasteiger partial charge in [0.25, 0.3) is 0 Å². The second kappa shape index (κ2) is 8.87. The number of aromatic nitrogens is 7. The second-order valence-corrected chi connectivity index (χ2v) is 9.31. The minimum absolute atomic E-state index is 0.00804. The van der Waals surface area contributed by atoms with Crippen LogP contribution < -0.4 is 5.69 Å². The molecule has 0 spiro atoms. The molecule has 1 saturated heterocycles. The molecule has 10 heteroatoms. The van der Waals surface area contributed by atoms with Crippen LogP contribution in [0.2, 0.25) is 0 Å². The molecule has 0 amide bonds. The average Bonchev–Trinajstić information content (AvgIpc) is 3.64. The van der Waals surface area contributed by atoms with Gasteiger partial charge < -0.3 is 0 Å². The third-order valence-electron chi connectivity index (χ3n) is 7.38. The quantitative estimate of drug-likeness (QED) is 0.387. The third kappa shape index (κ3) is 3.48. The Kier molecular flexibility index (Phi) is 5.52. The van der Waals surface area contributed by atoms with E-state index in [0.717, 1.165) is 64.8 Å². The summed E-state index contributed by atoms with van der Waals surface area (Å²) in [5, 5.41) is 13.7. The molecular formula is C26H28N8O2. The Morgan fingerprint density at radius 1 is 0.972 bits per heavy atom. The monoisotopic (exact) mass is 484 g/mol. The highest BCUT2D eigenvalue weighted by molar-refractivity contribution is 5.92. The van der Waals surface area contributed by atoms with E-state index in [0.29, 0.717) is 0 Å². The zero-order chi connectivity index (χ0) is 24.8. The molecule has 2 aromatic carbocycles. The number of imidazole rings is 1. The normalized spacial score (nSPS) is 16.2. The van der Waals surface area contributed by atoms with Gasteiger partial charge in [-0.15, -0.1) is 0 Å². The van der Waals surface area contributed by atoms with Gasteiger partial charge in [0.05, 0.1) is 40.8 Å². The van der Waals surface area contributed by atoms with E-state index in [1.807, 2.05) is 60.1 Å². The van der Waals surface area contributed by atoms with E-state index >= 15 is 0 Å². The lowest BCUT2D eigenvalue weighted by atomic mass is 9.91. The van der Waals surface area contributed by atoms with Gasteiger partial charge in [-0.1, -0.05) is 42.1 Å². The van der Waals surface area contributed by atoms with Crippen LogP contribution in [0.3, 0.4) is 0 Å². The van der Waals surface area contributed by atoms with Gasteiger partial charge in [-0.2, -0.15) is 20.0 Å². The summed E-state index contributed by atoms with van der Waals surface area (Å²) in [6.07, 6.45) is 5.57. The van der Waals surface area contributed by atoms with Crippen molar-refractivity contribution in [3.63, 3.8) is 0 Å². The molecule has 0 aliphatic carbocycles. The topological polar surface area (TPSA) is 95.8 Å². The molecule has 0 radical (unpaired) electrons. The van der Waals surface area contributed by atoms with Gasteiger partial charge in [0.2, 0.25) is 0 Å². The van der Waals surface area contributed by atoms with Crippen LogP contribution in [-0.4, -0.2) is 57.9 Å². The number of aryl methyl sites for hydroxylation is 1. The first-order valence-corrected chi connectivity index (χ1v) is 12.4. The minimum atomic E-state index is -0.402. The predicted molar refractivity (Wildman–Crippen MR) is 136 cm³/mol. The number of carbonyl (C=O) groups excluding carboxylic acids is 1. The molecule has 1 aliphatic rings. The summed E-state index contributed by atoms with van der Waals surface area (Å²) in [5.41, 5.74) is 3.62. The van der Waals surface area contributed by atoms with Crippen molar-refractivity contribution in [3.05, 3.63) is 77.1 Å². The van der Waals surface area contributed by atoms with Crippen molar-refractivity contribution in [3.8, 4) is 0 Å². The van der Waals surface area contributed by atoms with Crippen LogP contribution in [-0.2, 0) is 7.05 Å². The Morgan fingerprint density at radius 3 is 2.31 bits per heavy atom. The summed E-state index contributed by atoms with van der Waals surface area (Å²) >= 11 is 0. The second-order valence-electron chi connectivity index (χ2n) is 9.31. The number of hydrogen-bond donors (Lipinski definition) is 0. The number of fused-ring (bicyclic) bond motifs is 2. The smallest absolute Gasteiger partial charge is 0.295 e. The minimum Gasteiger partial charge on any atom is -0.295 e. The van der Waals surface area contributed by atoms with Gasteiger partial charge in [-0.3, -0.25) is 14.0 Å². The molecule has 0 saturated carbocycles. The SMILES string of the molecule is CCC(N1CCC(c2nn(C(=O)n3nccn3)c3ccccc23)CC1)n1c(=O)n(C)c2ccccc21. The summed E-state index contributed by atoms with van der Waals surface area (Å²) in [6, 6.07) is 15.4. The first-order valence-electron chi connectivity index (χ1n) is 12.4. The lowest BCUT2D eigenvalue weighted by Crippen LogP contribution is -2.42. The maximum absolute atomic E-state index is 13.2. The number of nitrogens with zero attached hydrogens (tertiary/aromatic N) is 8. The van der Waals surface area contributed by atoms with Crippen LogP contribution in [0.4, 0.5) is 4.79 Å². The molecule has 4 heterocycles. The lowest BCUT2D eigenvalue weighted by Gasteiger charge is -2.37. The molecule has 0 N–H and O–H groups in total. The van der Waals surface area contributed by atoms with Crippen molar-refractivity contribution in [2.75, 3.05) is 13.1 Å². The molecule has 1 aliphatic heterocycles. The Labute approximate surface area is 207 Å². The molecule has 184 valence electrons. The molecule has 10 nitrogen and oxygen atoms in total. The van der Waals surface area contributed by atoms with Gasteiger partial charge >= 0.3 is 11.7 Å². The largest absolute Gasteiger partial charge is 0.387 e. The number of carbonyl (C=O) groups is 1. The first-order chi connectivity index (χ1) is 17.6. The Hall–Kier alpha value is -4.05. The first kappa shape index (κ1) is 22.4.